The predicted octanol–water partition coefficient (Wildman–Crippen LogP) is 8.00. The minimum atomic E-state index is -0.526. The van der Waals surface area contributed by atoms with Crippen LogP contribution in [0.4, 0.5) is 11.4 Å². The third-order valence-electron chi connectivity index (χ3n) is 9.49. The molecular weight excluding hydrogens is 462 g/mol. The van der Waals surface area contributed by atoms with E-state index in [0.717, 1.165) is 16.9 Å². The van der Waals surface area contributed by atoms with Crippen LogP contribution in [0.5, 0.6) is 0 Å². The van der Waals surface area contributed by atoms with E-state index in [0.29, 0.717) is 6.54 Å². The first kappa shape index (κ1) is 21.8. The molecule has 0 aromatic heterocycles. The molecule has 1 spiro atoms. The molecule has 0 fully saturated rings. The van der Waals surface area contributed by atoms with Crippen LogP contribution in [-0.4, -0.2) is 6.41 Å². The van der Waals surface area contributed by atoms with Crippen LogP contribution in [-0.2, 0) is 22.2 Å². The number of carbonyl (C=O) groups is 1. The summed E-state index contributed by atoms with van der Waals surface area (Å²) < 4.78 is 0.189. The zero-order valence-electron chi connectivity index (χ0n) is 21.6. The first-order valence-corrected chi connectivity index (χ1v) is 13.4. The van der Waals surface area contributed by atoms with E-state index in [2.05, 4.69) is 129 Å². The fraction of sp³-hybridized carbons (Fsp3) is 0.139. The second-order valence-corrected chi connectivity index (χ2v) is 11.5. The maximum absolute atomic E-state index is 13.5. The Bertz CT molecular complexity index is 1760. The van der Waals surface area contributed by atoms with Gasteiger partial charge in [-0.2, -0.15) is 4.48 Å². The Hall–Kier alpha value is -4.27. The van der Waals surface area contributed by atoms with Gasteiger partial charge in [0.05, 0.1) is 5.41 Å². The SMILES string of the molecule is CC1(C)c2ccccc2C2(c3ccccc31)c1ccccc1[N+]1(C=O)Cc3ccccc3-c3cccc2c31. The number of rotatable bonds is 1. The molecule has 8 rings (SSSR count). The van der Waals surface area contributed by atoms with Gasteiger partial charge in [-0.25, -0.2) is 4.79 Å². The van der Waals surface area contributed by atoms with Gasteiger partial charge in [-0.3, -0.25) is 0 Å². The first-order valence-electron chi connectivity index (χ1n) is 13.4. The number of hydrogen-bond acceptors (Lipinski definition) is 1. The molecule has 1 atom stereocenters. The molecule has 0 radical (unpaired) electrons. The molecule has 3 aliphatic rings. The van der Waals surface area contributed by atoms with Crippen LogP contribution >= 0.6 is 0 Å². The van der Waals surface area contributed by atoms with Gasteiger partial charge in [0.15, 0.2) is 5.69 Å². The van der Waals surface area contributed by atoms with Gasteiger partial charge in [-0.05, 0) is 33.9 Å². The summed E-state index contributed by atoms with van der Waals surface area (Å²) in [5.41, 5.74) is 12.8. The lowest BCUT2D eigenvalue weighted by atomic mass is 9.52. The Labute approximate surface area is 223 Å². The lowest BCUT2D eigenvalue weighted by Gasteiger charge is -2.53. The number of carbonyl (C=O) groups excluding carboxylic acids is 1. The number of benzene rings is 5. The fourth-order valence-corrected chi connectivity index (χ4v) is 7.98. The summed E-state index contributed by atoms with van der Waals surface area (Å²) in [6.07, 6.45) is 1.18. The molecule has 2 nitrogen and oxygen atoms in total. The molecule has 1 amide bonds. The smallest absolute Gasteiger partial charge is 0.233 e. The molecule has 2 aliphatic heterocycles. The summed E-state index contributed by atoms with van der Waals surface area (Å²) in [7, 11) is 0. The number of para-hydroxylation sites is 2. The van der Waals surface area contributed by atoms with Crippen LogP contribution in [0.25, 0.3) is 11.1 Å². The molecule has 1 aliphatic carbocycles. The molecule has 2 heteroatoms. The number of fused-ring (bicyclic) bond motifs is 10. The Morgan fingerprint density at radius 3 is 1.79 bits per heavy atom. The van der Waals surface area contributed by atoms with E-state index in [-0.39, 0.29) is 9.90 Å². The molecule has 38 heavy (non-hydrogen) atoms. The molecule has 0 saturated heterocycles. The molecule has 0 bridgehead atoms. The second kappa shape index (κ2) is 7.18. The number of amides is 1. The average Bonchev–Trinajstić information content (AvgIpc) is 2.97. The van der Waals surface area contributed by atoms with Gasteiger partial charge >= 0.3 is 6.41 Å². The predicted molar refractivity (Wildman–Crippen MR) is 154 cm³/mol. The largest absolute Gasteiger partial charge is 0.311 e. The van der Waals surface area contributed by atoms with Crippen molar-refractivity contribution in [3.8, 4) is 11.1 Å². The zero-order chi connectivity index (χ0) is 25.7. The third-order valence-corrected chi connectivity index (χ3v) is 9.49. The van der Waals surface area contributed by atoms with Crippen molar-refractivity contribution >= 4 is 17.8 Å². The van der Waals surface area contributed by atoms with E-state index < -0.39 is 5.41 Å². The summed E-state index contributed by atoms with van der Waals surface area (Å²) in [5.74, 6) is 0. The molecular formula is C36H28NO+. The van der Waals surface area contributed by atoms with Crippen LogP contribution in [0.3, 0.4) is 0 Å². The van der Waals surface area contributed by atoms with Gasteiger partial charge in [-0.1, -0.05) is 117 Å². The highest BCUT2D eigenvalue weighted by atomic mass is 16.1. The Morgan fingerprint density at radius 1 is 0.579 bits per heavy atom. The molecule has 5 aromatic rings. The summed E-state index contributed by atoms with van der Waals surface area (Å²) in [5, 5.41) is 0. The maximum atomic E-state index is 13.5. The highest BCUT2D eigenvalue weighted by Crippen LogP contribution is 2.65. The van der Waals surface area contributed by atoms with E-state index in [1.54, 1.807) is 0 Å². The molecule has 0 saturated carbocycles. The highest BCUT2D eigenvalue weighted by Gasteiger charge is 2.59. The quantitative estimate of drug-likeness (QED) is 0.172. The van der Waals surface area contributed by atoms with Gasteiger partial charge in [0.1, 0.15) is 12.2 Å². The molecule has 5 aromatic carbocycles. The van der Waals surface area contributed by atoms with Gasteiger partial charge in [0.2, 0.25) is 0 Å². The van der Waals surface area contributed by atoms with Gasteiger partial charge < -0.3 is 0 Å². The summed E-state index contributed by atoms with van der Waals surface area (Å²) in [6, 6.07) is 41.9. The highest BCUT2D eigenvalue weighted by molar-refractivity contribution is 6.00. The van der Waals surface area contributed by atoms with Crippen LogP contribution in [0.15, 0.2) is 115 Å². The van der Waals surface area contributed by atoms with Crippen molar-refractivity contribution in [2.45, 2.75) is 31.2 Å². The van der Waals surface area contributed by atoms with Crippen LogP contribution in [0.1, 0.15) is 52.8 Å². The second-order valence-electron chi connectivity index (χ2n) is 11.5. The molecule has 0 N–H and O–H groups in total. The normalized spacial score (nSPS) is 20.4. The average molecular weight is 491 g/mol. The number of hydrogen-bond donors (Lipinski definition) is 0. The summed E-state index contributed by atoms with van der Waals surface area (Å²) in [4.78, 5) is 13.5. The van der Waals surface area contributed by atoms with Gasteiger partial charge in [0.25, 0.3) is 0 Å². The minimum Gasteiger partial charge on any atom is -0.233 e. The van der Waals surface area contributed by atoms with E-state index in [4.69, 9.17) is 0 Å². The molecule has 182 valence electrons. The van der Waals surface area contributed by atoms with Crippen LogP contribution in [0.2, 0.25) is 0 Å². The van der Waals surface area contributed by atoms with Gasteiger partial charge in [0, 0.05) is 33.7 Å². The van der Waals surface area contributed by atoms with Crippen molar-refractivity contribution in [3.05, 3.63) is 154 Å². The summed E-state index contributed by atoms with van der Waals surface area (Å²) >= 11 is 0. The zero-order valence-corrected chi connectivity index (χ0v) is 21.6. The third kappa shape index (κ3) is 2.32. The standard InChI is InChI=1S/C36H28NO/c1-35(2)27-15-5-7-17-29(27)36(30-18-8-6-16-28(30)35)31-19-9-10-21-33(31)37(23-38)22-24-12-3-4-13-25(24)26-14-11-20-32(36)34(26)37/h3-21,23H,22H2,1-2H3/q+1. The van der Waals surface area contributed by atoms with Crippen molar-refractivity contribution < 1.29 is 4.79 Å². The van der Waals surface area contributed by atoms with Crippen LogP contribution in [0, 0.1) is 0 Å². The maximum Gasteiger partial charge on any atom is 0.311 e. The summed E-state index contributed by atoms with van der Waals surface area (Å²) in [6.45, 7) is 5.30. The topological polar surface area (TPSA) is 17.1 Å². The lowest BCUT2D eigenvalue weighted by molar-refractivity contribution is -0.115. The number of nitrogens with zero attached hydrogens (tertiary/aromatic N) is 1. The Morgan fingerprint density at radius 2 is 1.11 bits per heavy atom. The van der Waals surface area contributed by atoms with E-state index in [1.165, 1.54) is 50.9 Å². The van der Waals surface area contributed by atoms with E-state index in [9.17, 15) is 4.79 Å². The fourth-order valence-electron chi connectivity index (χ4n) is 7.98. The monoisotopic (exact) mass is 490 g/mol. The van der Waals surface area contributed by atoms with Crippen molar-refractivity contribution in [3.63, 3.8) is 0 Å². The molecule has 2 heterocycles. The van der Waals surface area contributed by atoms with Crippen LogP contribution < -0.4 is 4.48 Å². The van der Waals surface area contributed by atoms with Crippen molar-refractivity contribution in [2.24, 2.45) is 0 Å². The van der Waals surface area contributed by atoms with E-state index >= 15 is 0 Å². The lowest BCUT2D eigenvalue weighted by Crippen LogP contribution is -2.53. The van der Waals surface area contributed by atoms with Crippen molar-refractivity contribution in [1.82, 2.24) is 4.48 Å². The van der Waals surface area contributed by atoms with Crippen molar-refractivity contribution in [1.29, 1.82) is 0 Å². The van der Waals surface area contributed by atoms with Crippen molar-refractivity contribution in [2.75, 3.05) is 0 Å². The Kier molecular flexibility index (Phi) is 4.12. The van der Waals surface area contributed by atoms with Gasteiger partial charge in [-0.15, -0.1) is 0 Å². The Balaban J connectivity index is 1.64. The number of quaternary nitrogens is 1. The van der Waals surface area contributed by atoms with E-state index in [1.807, 2.05) is 0 Å². The first-order chi connectivity index (χ1) is 18.5. The minimum absolute atomic E-state index is 0.150. The molecule has 1 unspecified atom stereocenters.